The number of ether oxygens (including phenoxy) is 1. The largest absolute Gasteiger partial charge is 0.413 e. The van der Waals surface area contributed by atoms with Crippen molar-refractivity contribution in [1.82, 2.24) is 34.2 Å². The minimum absolute atomic E-state index is 0.000120. The van der Waals surface area contributed by atoms with Crippen LogP contribution in [0.2, 0.25) is 0 Å². The van der Waals surface area contributed by atoms with Crippen molar-refractivity contribution in [3.63, 3.8) is 0 Å². The normalized spacial score (nSPS) is 23.8. The van der Waals surface area contributed by atoms with Gasteiger partial charge in [-0.05, 0) is 64.6 Å². The predicted molar refractivity (Wildman–Crippen MR) is 188 cm³/mol. The molecule has 2 aromatic rings. The zero-order valence-corrected chi connectivity index (χ0v) is 30.2. The number of aromatic nitrogens is 1. The lowest BCUT2D eigenvalue weighted by Crippen LogP contribution is -2.54. The number of benzene rings is 1. The number of carbonyl (C=O) groups excluding carboxylic acids is 2. The zero-order valence-electron chi connectivity index (χ0n) is 29.4. The molecule has 3 aliphatic heterocycles. The highest BCUT2D eigenvalue weighted by atomic mass is 32.2. The molecule has 1 aromatic carbocycles. The van der Waals surface area contributed by atoms with Crippen molar-refractivity contribution in [3.05, 3.63) is 40.7 Å². The lowest BCUT2D eigenvalue weighted by Gasteiger charge is -2.40. The average molecular weight is 704 g/mol. The Bertz CT molecular complexity index is 1630. The van der Waals surface area contributed by atoms with Crippen molar-refractivity contribution in [2.24, 2.45) is 0 Å². The summed E-state index contributed by atoms with van der Waals surface area (Å²) >= 11 is 0. The smallest absolute Gasteiger partial charge is 0.404 e. The second-order valence-electron chi connectivity index (χ2n) is 14.3. The number of para-hydroxylation sites is 1. The molecule has 0 radical (unpaired) electrons. The van der Waals surface area contributed by atoms with Gasteiger partial charge in [-0.25, -0.2) is 17.5 Å². The van der Waals surface area contributed by atoms with Gasteiger partial charge in [0.1, 0.15) is 5.88 Å². The van der Waals surface area contributed by atoms with E-state index < -0.39 is 22.2 Å². The number of piperidine rings is 1. The summed E-state index contributed by atoms with van der Waals surface area (Å²) in [4.78, 5) is 44.9. The van der Waals surface area contributed by atoms with E-state index in [0.29, 0.717) is 39.0 Å². The molecule has 2 amide bonds. The van der Waals surface area contributed by atoms with E-state index in [-0.39, 0.29) is 59.8 Å². The molecule has 0 aliphatic carbocycles. The molecule has 2 bridgehead atoms. The summed E-state index contributed by atoms with van der Waals surface area (Å²) < 4.78 is 32.6. The number of hydrogen-bond donors (Lipinski definition) is 3. The van der Waals surface area contributed by atoms with Crippen LogP contribution in [0.4, 0.5) is 4.79 Å². The molecule has 272 valence electrons. The summed E-state index contributed by atoms with van der Waals surface area (Å²) in [5, 5.41) is 18.0. The Kier molecular flexibility index (Phi) is 12.0. The van der Waals surface area contributed by atoms with Crippen LogP contribution in [-0.4, -0.2) is 139 Å². The average Bonchev–Trinajstić information content (AvgIpc) is 3.58. The molecule has 0 spiro atoms. The zero-order chi connectivity index (χ0) is 35.5. The third-order valence-electron chi connectivity index (χ3n) is 10.2. The lowest BCUT2D eigenvalue weighted by atomic mass is 9.97. The fourth-order valence-electron chi connectivity index (χ4n) is 7.58. The molecule has 3 fully saturated rings. The fraction of sp³-hybridized carbons (Fsp3) is 0.676. The number of sulfonamides is 1. The highest BCUT2D eigenvalue weighted by Crippen LogP contribution is 2.36. The number of aliphatic hydroxyl groups excluding tert-OH is 1. The maximum Gasteiger partial charge on any atom is 0.413 e. The van der Waals surface area contributed by atoms with Crippen molar-refractivity contribution in [3.8, 4) is 5.75 Å². The maximum absolute atomic E-state index is 13.2. The number of amides is 2. The van der Waals surface area contributed by atoms with Crippen LogP contribution in [0.1, 0.15) is 58.9 Å². The molecule has 2 unspecified atom stereocenters. The molecule has 3 saturated heterocycles. The monoisotopic (exact) mass is 703 g/mol. The van der Waals surface area contributed by atoms with Gasteiger partial charge in [0.15, 0.2) is 5.75 Å². The van der Waals surface area contributed by atoms with Crippen LogP contribution in [0.25, 0.3) is 10.9 Å². The van der Waals surface area contributed by atoms with Gasteiger partial charge in [-0.2, -0.15) is 0 Å². The van der Waals surface area contributed by atoms with Crippen molar-refractivity contribution in [1.29, 1.82) is 0 Å². The number of carbonyl (C=O) groups is 2. The number of hydrogen-bond acceptors (Lipinski definition) is 10. The van der Waals surface area contributed by atoms with Crippen molar-refractivity contribution >= 4 is 32.9 Å². The molecule has 3 aliphatic rings. The number of nitrogens with zero attached hydrogens (tertiary/aromatic N) is 5. The fourth-order valence-corrected chi connectivity index (χ4v) is 8.29. The van der Waals surface area contributed by atoms with Crippen LogP contribution in [-0.2, 0) is 14.8 Å². The van der Waals surface area contributed by atoms with E-state index in [1.54, 1.807) is 15.5 Å². The Morgan fingerprint density at radius 3 is 2.43 bits per heavy atom. The predicted octanol–water partition coefficient (Wildman–Crippen LogP) is 1.39. The highest BCUT2D eigenvalue weighted by molar-refractivity contribution is 7.89. The molecule has 3 N–H and O–H groups in total. The van der Waals surface area contributed by atoms with Gasteiger partial charge in [-0.1, -0.05) is 18.2 Å². The number of rotatable bonds is 14. The number of aliphatic hydroxyl groups is 1. The van der Waals surface area contributed by atoms with E-state index in [1.165, 1.54) is 25.3 Å². The first kappa shape index (κ1) is 37.2. The summed E-state index contributed by atoms with van der Waals surface area (Å²) in [5.41, 5.74) is 0.445. The summed E-state index contributed by atoms with van der Waals surface area (Å²) in [6, 6.07) is 9.39. The molecule has 5 atom stereocenters. The van der Waals surface area contributed by atoms with Crippen molar-refractivity contribution < 1.29 is 27.9 Å². The van der Waals surface area contributed by atoms with E-state index in [9.17, 15) is 27.9 Å². The molecule has 14 nitrogen and oxygen atoms in total. The van der Waals surface area contributed by atoms with E-state index in [4.69, 9.17) is 4.74 Å². The first-order chi connectivity index (χ1) is 23.2. The maximum atomic E-state index is 13.2. The summed E-state index contributed by atoms with van der Waals surface area (Å²) in [6.07, 6.45) is 2.82. The van der Waals surface area contributed by atoms with Gasteiger partial charge in [0.05, 0.1) is 11.6 Å². The van der Waals surface area contributed by atoms with Gasteiger partial charge in [0.2, 0.25) is 15.9 Å². The van der Waals surface area contributed by atoms with E-state index in [1.807, 2.05) is 38.1 Å². The number of pyridine rings is 1. The first-order valence-corrected chi connectivity index (χ1v) is 19.0. The second kappa shape index (κ2) is 15.9. The number of fused-ring (bicyclic) bond motifs is 3. The third kappa shape index (κ3) is 9.18. The molecule has 4 heterocycles. The molecule has 15 heteroatoms. The van der Waals surface area contributed by atoms with Crippen LogP contribution < -0.4 is 20.9 Å². The lowest BCUT2D eigenvalue weighted by molar-refractivity contribution is -0.130. The summed E-state index contributed by atoms with van der Waals surface area (Å²) in [6.45, 7) is 8.68. The van der Waals surface area contributed by atoms with E-state index in [0.717, 1.165) is 36.7 Å². The molecule has 5 rings (SSSR count). The molecular formula is C34H53N7O7S. The van der Waals surface area contributed by atoms with Crippen LogP contribution >= 0.6 is 0 Å². The minimum atomic E-state index is -3.32. The first-order valence-electron chi connectivity index (χ1n) is 17.4. The van der Waals surface area contributed by atoms with Gasteiger partial charge < -0.3 is 24.6 Å². The summed E-state index contributed by atoms with van der Waals surface area (Å²) in [5.74, 6) is -0.198. The summed E-state index contributed by atoms with van der Waals surface area (Å²) in [7, 11) is -0.276. The molecule has 49 heavy (non-hydrogen) atoms. The van der Waals surface area contributed by atoms with Crippen LogP contribution in [0, 0.1) is 0 Å². The Hall–Kier alpha value is -3.08. The molecule has 1 aromatic heterocycles. The van der Waals surface area contributed by atoms with Crippen LogP contribution in [0.5, 0.6) is 5.75 Å². The van der Waals surface area contributed by atoms with Gasteiger partial charge in [-0.3, -0.25) is 24.7 Å². The van der Waals surface area contributed by atoms with Crippen LogP contribution in [0.15, 0.2) is 35.1 Å². The van der Waals surface area contributed by atoms with Crippen LogP contribution in [0.3, 0.4) is 0 Å². The van der Waals surface area contributed by atoms with Gasteiger partial charge in [0.25, 0.3) is 5.56 Å². The van der Waals surface area contributed by atoms with Gasteiger partial charge >= 0.3 is 6.09 Å². The van der Waals surface area contributed by atoms with E-state index in [2.05, 4.69) is 20.4 Å². The molecule has 0 saturated carbocycles. The number of likely N-dealkylation sites (tertiary alicyclic amines) is 1. The van der Waals surface area contributed by atoms with Gasteiger partial charge in [-0.15, -0.1) is 0 Å². The SMILES string of the molecule is CC(=O)N(CCN1CCC(NCS(=O)(=O)N(C)C)C1)CC(O)CN1[C@@H]2CC[C@H]1C[C@H](NC(=O)Oc1cc3ccccc3n(C(C)C)c1=O)C2. The Morgan fingerprint density at radius 2 is 1.78 bits per heavy atom. The number of nitrogens with one attached hydrogen (secondary N) is 2. The second-order valence-corrected chi connectivity index (χ2v) is 16.5. The third-order valence-corrected chi connectivity index (χ3v) is 11.8. The van der Waals surface area contributed by atoms with Crippen molar-refractivity contribution in [2.75, 3.05) is 59.2 Å². The Balaban J connectivity index is 1.08. The standard InChI is InChI=1S/C34H53N7O7S/c1-23(2)41-31-9-7-6-8-25(31)16-32(33(41)44)48-34(45)36-27-17-28-10-11-29(18-27)40(28)21-30(43)20-39(24(3)42)15-14-38-13-12-26(19-38)35-22-49(46,47)37(4)5/h6-9,16,23,26-30,35,43H,10-15,17-22H2,1-5H3,(H,36,45)/t26?,27-,28-,29+,30?. The Morgan fingerprint density at radius 1 is 1.08 bits per heavy atom. The van der Waals surface area contributed by atoms with E-state index >= 15 is 0 Å². The highest BCUT2D eigenvalue weighted by Gasteiger charge is 2.42. The van der Waals surface area contributed by atoms with Crippen molar-refractivity contribution in [2.45, 2.75) is 89.2 Å². The van der Waals surface area contributed by atoms with Gasteiger partial charge in [0, 0.05) is 89.3 Å². The quantitative estimate of drug-likeness (QED) is 0.263. The Labute approximate surface area is 289 Å². The minimum Gasteiger partial charge on any atom is -0.404 e. The molecular weight excluding hydrogens is 650 g/mol. The topological polar surface area (TPSA) is 157 Å².